The zero-order chi connectivity index (χ0) is 24.6. The Morgan fingerprint density at radius 1 is 0.914 bits per heavy atom. The van der Waals surface area contributed by atoms with Crippen molar-refractivity contribution in [2.75, 3.05) is 0 Å². The van der Waals surface area contributed by atoms with Crippen molar-refractivity contribution in [3.8, 4) is 5.75 Å². The van der Waals surface area contributed by atoms with E-state index in [4.69, 9.17) is 9.84 Å². The van der Waals surface area contributed by atoms with Crippen LogP contribution in [0.15, 0.2) is 112 Å². The molecule has 0 radical (unpaired) electrons. The molecule has 0 heterocycles. The lowest BCUT2D eigenvalue weighted by atomic mass is 10.1. The zero-order valence-electron chi connectivity index (χ0n) is 18.4. The fourth-order valence-electron chi connectivity index (χ4n) is 3.14. The van der Waals surface area contributed by atoms with Crippen molar-refractivity contribution in [3.05, 3.63) is 124 Å². The first-order valence-electron chi connectivity index (χ1n) is 10.6. The highest BCUT2D eigenvalue weighted by Gasteiger charge is 2.06. The fourth-order valence-corrected chi connectivity index (χ4v) is 3.96. The first-order chi connectivity index (χ1) is 17.0. The maximum absolute atomic E-state index is 11.0. The van der Waals surface area contributed by atoms with Crippen molar-refractivity contribution < 1.29 is 19.6 Å². The summed E-state index contributed by atoms with van der Waals surface area (Å²) in [4.78, 5) is 27.8. The monoisotopic (exact) mass is 484 g/mol. The Bertz CT molecular complexity index is 1350. The molecule has 7 nitrogen and oxygen atoms in total. The van der Waals surface area contributed by atoms with Gasteiger partial charge >= 0.3 is 5.97 Å². The predicted octanol–water partition coefficient (Wildman–Crippen LogP) is 6.77. The Morgan fingerprint density at radius 3 is 2.17 bits per heavy atom. The van der Waals surface area contributed by atoms with Crippen LogP contribution in [-0.2, 0) is 6.61 Å². The summed E-state index contributed by atoms with van der Waals surface area (Å²) in [5, 5.41) is 19.8. The summed E-state index contributed by atoms with van der Waals surface area (Å²) in [6, 6.07) is 28.3. The summed E-state index contributed by atoms with van der Waals surface area (Å²) in [7, 11) is 0. The van der Waals surface area contributed by atoms with Crippen LogP contribution in [0.4, 0.5) is 11.4 Å². The number of nitrogens with zero attached hydrogens (tertiary/aromatic N) is 2. The maximum atomic E-state index is 11.0. The topological polar surface area (TPSA) is 102 Å². The van der Waals surface area contributed by atoms with Crippen LogP contribution in [0.25, 0.3) is 0 Å². The van der Waals surface area contributed by atoms with Gasteiger partial charge in [0.1, 0.15) is 12.4 Å². The lowest BCUT2D eigenvalue weighted by Gasteiger charge is -2.09. The van der Waals surface area contributed by atoms with Crippen LogP contribution in [0.2, 0.25) is 0 Å². The first kappa shape index (κ1) is 23.7. The lowest BCUT2D eigenvalue weighted by molar-refractivity contribution is -0.384. The molecule has 0 saturated carbocycles. The normalized spacial score (nSPS) is 10.9. The van der Waals surface area contributed by atoms with Gasteiger partial charge in [0.15, 0.2) is 0 Å². The summed E-state index contributed by atoms with van der Waals surface area (Å²) >= 11 is 1.51. The number of nitro benzene ring substituents is 1. The Kier molecular flexibility index (Phi) is 7.54. The molecule has 0 fully saturated rings. The molecule has 4 aromatic rings. The van der Waals surface area contributed by atoms with Crippen molar-refractivity contribution in [1.82, 2.24) is 0 Å². The van der Waals surface area contributed by atoms with E-state index in [1.165, 1.54) is 23.9 Å². The van der Waals surface area contributed by atoms with E-state index >= 15 is 0 Å². The van der Waals surface area contributed by atoms with E-state index in [1.54, 1.807) is 42.6 Å². The number of hydrogen-bond acceptors (Lipinski definition) is 6. The molecular formula is C27H20N2O5S. The van der Waals surface area contributed by atoms with Crippen LogP contribution in [0.3, 0.4) is 0 Å². The van der Waals surface area contributed by atoms with Crippen LogP contribution in [0.1, 0.15) is 21.5 Å². The molecule has 0 aliphatic carbocycles. The minimum Gasteiger partial charge on any atom is -0.488 e. The predicted molar refractivity (Wildman–Crippen MR) is 135 cm³/mol. The van der Waals surface area contributed by atoms with E-state index in [1.807, 2.05) is 48.5 Å². The van der Waals surface area contributed by atoms with E-state index < -0.39 is 10.9 Å². The molecule has 0 spiro atoms. The number of rotatable bonds is 9. The Balaban J connectivity index is 1.38. The molecule has 0 bridgehead atoms. The summed E-state index contributed by atoms with van der Waals surface area (Å²) in [6.07, 6.45) is 1.74. The van der Waals surface area contributed by atoms with Gasteiger partial charge in [-0.25, -0.2) is 4.79 Å². The van der Waals surface area contributed by atoms with Gasteiger partial charge < -0.3 is 9.84 Å². The standard InChI is InChI=1S/C27H20N2O5S/c30-27(31)20-7-5-19(6-8-20)18-34-26-4-2-1-3-21(26)17-28-22-9-13-24(14-10-22)35-25-15-11-23(12-16-25)29(32)33/h1-17H,18H2,(H,30,31). The third-order valence-corrected chi connectivity index (χ3v) is 6.00. The SMILES string of the molecule is O=C(O)c1ccc(COc2ccccc2C=Nc2ccc(Sc3ccc([N+](=O)[O-])cc3)cc2)cc1. The number of benzene rings is 4. The molecule has 0 unspecified atom stereocenters. The summed E-state index contributed by atoms with van der Waals surface area (Å²) in [6.45, 7) is 0.305. The van der Waals surface area contributed by atoms with Crippen molar-refractivity contribution >= 4 is 35.3 Å². The van der Waals surface area contributed by atoms with Crippen LogP contribution in [0, 0.1) is 10.1 Å². The number of aromatic carboxylic acids is 1. The number of nitro groups is 1. The van der Waals surface area contributed by atoms with Crippen molar-refractivity contribution in [2.45, 2.75) is 16.4 Å². The molecular weight excluding hydrogens is 464 g/mol. The Hall–Kier alpha value is -4.43. The Labute approximate surface area is 205 Å². The molecule has 174 valence electrons. The second kappa shape index (κ2) is 11.1. The molecule has 0 saturated heterocycles. The highest BCUT2D eigenvalue weighted by atomic mass is 32.2. The number of carboxylic acids is 1. The number of ether oxygens (including phenoxy) is 1. The van der Waals surface area contributed by atoms with Crippen LogP contribution in [0.5, 0.6) is 5.75 Å². The molecule has 0 aliphatic rings. The highest BCUT2D eigenvalue weighted by Crippen LogP contribution is 2.30. The second-order valence-electron chi connectivity index (χ2n) is 7.43. The quantitative estimate of drug-likeness (QED) is 0.160. The minimum absolute atomic E-state index is 0.0689. The molecule has 1 N–H and O–H groups in total. The van der Waals surface area contributed by atoms with Crippen molar-refractivity contribution in [1.29, 1.82) is 0 Å². The van der Waals surface area contributed by atoms with Gasteiger partial charge in [-0.1, -0.05) is 36.0 Å². The van der Waals surface area contributed by atoms with Gasteiger partial charge in [-0.05, 0) is 66.2 Å². The maximum Gasteiger partial charge on any atom is 0.335 e. The third-order valence-electron chi connectivity index (χ3n) is 4.99. The van der Waals surface area contributed by atoms with Crippen LogP contribution in [-0.4, -0.2) is 22.2 Å². The van der Waals surface area contributed by atoms with Gasteiger partial charge in [-0.2, -0.15) is 0 Å². The van der Waals surface area contributed by atoms with Gasteiger partial charge in [0, 0.05) is 33.7 Å². The number of carbonyl (C=O) groups is 1. The van der Waals surface area contributed by atoms with E-state index in [0.717, 1.165) is 26.6 Å². The van der Waals surface area contributed by atoms with E-state index in [-0.39, 0.29) is 11.3 Å². The molecule has 0 aromatic heterocycles. The van der Waals surface area contributed by atoms with Gasteiger partial charge in [0.2, 0.25) is 0 Å². The number of non-ortho nitro benzene ring substituents is 1. The third kappa shape index (κ3) is 6.55. The van der Waals surface area contributed by atoms with Crippen molar-refractivity contribution in [2.24, 2.45) is 4.99 Å². The smallest absolute Gasteiger partial charge is 0.335 e. The number of para-hydroxylation sites is 1. The van der Waals surface area contributed by atoms with Gasteiger partial charge in [0.05, 0.1) is 16.2 Å². The van der Waals surface area contributed by atoms with Gasteiger partial charge in [0.25, 0.3) is 5.69 Å². The molecule has 35 heavy (non-hydrogen) atoms. The molecule has 4 rings (SSSR count). The highest BCUT2D eigenvalue weighted by molar-refractivity contribution is 7.99. The average molecular weight is 485 g/mol. The second-order valence-corrected chi connectivity index (χ2v) is 8.58. The number of hydrogen-bond donors (Lipinski definition) is 1. The van der Waals surface area contributed by atoms with Gasteiger partial charge in [-0.3, -0.25) is 15.1 Å². The molecule has 0 aliphatic heterocycles. The zero-order valence-corrected chi connectivity index (χ0v) is 19.2. The summed E-state index contributed by atoms with van der Waals surface area (Å²) in [5.41, 5.74) is 2.76. The number of carboxylic acid groups (broad SMARTS) is 1. The number of aliphatic imine (C=N–C) groups is 1. The first-order valence-corrected chi connectivity index (χ1v) is 11.4. The van der Waals surface area contributed by atoms with E-state index in [9.17, 15) is 14.9 Å². The lowest BCUT2D eigenvalue weighted by Crippen LogP contribution is -2.00. The summed E-state index contributed by atoms with van der Waals surface area (Å²) in [5.74, 6) is -0.291. The largest absolute Gasteiger partial charge is 0.488 e. The molecule has 4 aromatic carbocycles. The van der Waals surface area contributed by atoms with Crippen molar-refractivity contribution in [3.63, 3.8) is 0 Å². The molecule has 8 heteroatoms. The van der Waals surface area contributed by atoms with Gasteiger partial charge in [-0.15, -0.1) is 0 Å². The molecule has 0 atom stereocenters. The molecule has 0 amide bonds. The minimum atomic E-state index is -0.961. The summed E-state index contributed by atoms with van der Waals surface area (Å²) < 4.78 is 5.94. The van der Waals surface area contributed by atoms with E-state index in [0.29, 0.717) is 12.4 Å². The fraction of sp³-hybridized carbons (Fsp3) is 0.0370. The van der Waals surface area contributed by atoms with E-state index in [2.05, 4.69) is 4.99 Å². The van der Waals surface area contributed by atoms with Crippen LogP contribution < -0.4 is 4.74 Å². The Morgan fingerprint density at radius 2 is 1.54 bits per heavy atom. The van der Waals surface area contributed by atoms with Crippen LogP contribution >= 0.6 is 11.8 Å². The average Bonchev–Trinajstić information content (AvgIpc) is 2.88.